The maximum Gasteiger partial charge on any atom is 0.0785 e. The van der Waals surface area contributed by atoms with Gasteiger partial charge in [-0.15, -0.1) is 0 Å². The quantitative estimate of drug-likeness (QED) is 0.543. The maximum atomic E-state index is 5.98. The van der Waals surface area contributed by atoms with E-state index in [-0.39, 0.29) is 0 Å². The van der Waals surface area contributed by atoms with Crippen molar-refractivity contribution in [3.63, 3.8) is 0 Å². The standard InChI is InChI=1S/C10H15ClNP/c1-2-3-4-8-13-10-9(11)6-5-7-12-10/h5-7,13H,2-4,8H2,1H3. The smallest absolute Gasteiger partial charge is 0.0785 e. The van der Waals surface area contributed by atoms with Gasteiger partial charge in [0.2, 0.25) is 0 Å². The van der Waals surface area contributed by atoms with E-state index in [0.717, 1.165) is 19.0 Å². The van der Waals surface area contributed by atoms with E-state index in [9.17, 15) is 0 Å². The first-order valence-electron chi connectivity index (χ1n) is 4.69. The molecule has 0 bridgehead atoms. The molecule has 1 atom stereocenters. The molecule has 72 valence electrons. The van der Waals surface area contributed by atoms with Crippen LogP contribution in [0.4, 0.5) is 0 Å². The van der Waals surface area contributed by atoms with Gasteiger partial charge in [0.15, 0.2) is 0 Å². The molecule has 1 unspecified atom stereocenters. The highest BCUT2D eigenvalue weighted by atomic mass is 35.5. The summed E-state index contributed by atoms with van der Waals surface area (Å²) in [7, 11) is 0.770. The molecule has 1 rings (SSSR count). The highest BCUT2D eigenvalue weighted by molar-refractivity contribution is 7.47. The Morgan fingerprint density at radius 1 is 1.46 bits per heavy atom. The molecule has 1 aromatic heterocycles. The van der Waals surface area contributed by atoms with Gasteiger partial charge in [-0.3, -0.25) is 4.98 Å². The monoisotopic (exact) mass is 215 g/mol. The first kappa shape index (κ1) is 10.9. The molecule has 0 radical (unpaired) electrons. The lowest BCUT2D eigenvalue weighted by molar-refractivity contribution is 0.778. The number of rotatable bonds is 5. The molecule has 0 saturated heterocycles. The topological polar surface area (TPSA) is 12.9 Å². The zero-order valence-electron chi connectivity index (χ0n) is 7.89. The van der Waals surface area contributed by atoms with Crippen molar-refractivity contribution in [1.29, 1.82) is 0 Å². The zero-order valence-corrected chi connectivity index (χ0v) is 9.64. The number of aromatic nitrogens is 1. The summed E-state index contributed by atoms with van der Waals surface area (Å²) in [5.41, 5.74) is 1.07. The van der Waals surface area contributed by atoms with Crippen molar-refractivity contribution in [3.8, 4) is 0 Å². The van der Waals surface area contributed by atoms with E-state index in [1.165, 1.54) is 25.4 Å². The van der Waals surface area contributed by atoms with E-state index in [0.29, 0.717) is 0 Å². The van der Waals surface area contributed by atoms with Crippen LogP contribution < -0.4 is 5.44 Å². The van der Waals surface area contributed by atoms with Gasteiger partial charge < -0.3 is 0 Å². The maximum absolute atomic E-state index is 5.98. The Hall–Kier alpha value is -0.130. The van der Waals surface area contributed by atoms with E-state index in [4.69, 9.17) is 11.6 Å². The largest absolute Gasteiger partial charge is 0.255 e. The lowest BCUT2D eigenvalue weighted by Crippen LogP contribution is -2.02. The van der Waals surface area contributed by atoms with Gasteiger partial charge in [-0.25, -0.2) is 0 Å². The minimum atomic E-state index is 0.770. The summed E-state index contributed by atoms with van der Waals surface area (Å²) < 4.78 is 0. The third kappa shape index (κ3) is 4.06. The molecule has 0 aliphatic carbocycles. The molecule has 13 heavy (non-hydrogen) atoms. The van der Waals surface area contributed by atoms with Gasteiger partial charge in [0.25, 0.3) is 0 Å². The Balaban J connectivity index is 2.32. The van der Waals surface area contributed by atoms with Gasteiger partial charge in [-0.05, 0) is 24.7 Å². The van der Waals surface area contributed by atoms with Crippen LogP contribution in [0, 0.1) is 0 Å². The number of unbranched alkanes of at least 4 members (excludes halogenated alkanes) is 2. The minimum Gasteiger partial charge on any atom is -0.255 e. The summed E-state index contributed by atoms with van der Waals surface area (Å²) in [6.07, 6.45) is 6.93. The molecular formula is C10H15ClNP. The Labute approximate surface area is 86.7 Å². The fourth-order valence-electron chi connectivity index (χ4n) is 1.10. The summed E-state index contributed by atoms with van der Waals surface area (Å²) in [4.78, 5) is 4.26. The van der Waals surface area contributed by atoms with Crippen molar-refractivity contribution in [2.75, 3.05) is 6.16 Å². The van der Waals surface area contributed by atoms with Gasteiger partial charge >= 0.3 is 0 Å². The average molecular weight is 216 g/mol. The number of pyridine rings is 1. The van der Waals surface area contributed by atoms with Crippen molar-refractivity contribution in [1.82, 2.24) is 4.98 Å². The third-order valence-corrected chi connectivity index (χ3v) is 3.63. The first-order chi connectivity index (χ1) is 6.34. The molecule has 0 N–H and O–H groups in total. The lowest BCUT2D eigenvalue weighted by atomic mass is 10.3. The summed E-state index contributed by atoms with van der Waals surface area (Å²) in [5.74, 6) is 0. The van der Waals surface area contributed by atoms with Crippen LogP contribution in [0.25, 0.3) is 0 Å². The molecule has 0 aliphatic heterocycles. The number of halogens is 1. The van der Waals surface area contributed by atoms with Crippen LogP contribution in [-0.2, 0) is 0 Å². The van der Waals surface area contributed by atoms with Gasteiger partial charge in [-0.2, -0.15) is 0 Å². The van der Waals surface area contributed by atoms with E-state index in [1.54, 1.807) is 0 Å². The molecule has 1 heterocycles. The van der Waals surface area contributed by atoms with E-state index in [1.807, 2.05) is 18.3 Å². The lowest BCUT2D eigenvalue weighted by Gasteiger charge is -2.01. The van der Waals surface area contributed by atoms with E-state index >= 15 is 0 Å². The molecule has 0 saturated carbocycles. The molecule has 0 aromatic carbocycles. The van der Waals surface area contributed by atoms with Gasteiger partial charge in [-0.1, -0.05) is 39.9 Å². The molecule has 0 spiro atoms. The fourth-order valence-corrected chi connectivity index (χ4v) is 2.50. The fraction of sp³-hybridized carbons (Fsp3) is 0.500. The van der Waals surface area contributed by atoms with Crippen molar-refractivity contribution >= 4 is 25.6 Å². The van der Waals surface area contributed by atoms with Crippen LogP contribution in [0.2, 0.25) is 5.02 Å². The number of hydrogen-bond acceptors (Lipinski definition) is 1. The first-order valence-corrected chi connectivity index (χ1v) is 6.27. The molecule has 0 amide bonds. The summed E-state index contributed by atoms with van der Waals surface area (Å²) in [6, 6.07) is 3.79. The van der Waals surface area contributed by atoms with Gasteiger partial charge in [0.05, 0.1) is 10.5 Å². The van der Waals surface area contributed by atoms with Crippen molar-refractivity contribution < 1.29 is 0 Å². The molecule has 3 heteroatoms. The van der Waals surface area contributed by atoms with Crippen molar-refractivity contribution in [2.24, 2.45) is 0 Å². The molecule has 0 aliphatic rings. The summed E-state index contributed by atoms with van der Waals surface area (Å²) >= 11 is 5.98. The van der Waals surface area contributed by atoms with E-state index in [2.05, 4.69) is 11.9 Å². The molecule has 1 nitrogen and oxygen atoms in total. The minimum absolute atomic E-state index is 0.770. The third-order valence-electron chi connectivity index (χ3n) is 1.83. The van der Waals surface area contributed by atoms with Crippen LogP contribution in [0.1, 0.15) is 26.2 Å². The molecule has 1 aromatic rings. The Bertz CT molecular complexity index is 252. The highest BCUT2D eigenvalue weighted by Crippen LogP contribution is 2.17. The summed E-state index contributed by atoms with van der Waals surface area (Å²) in [6.45, 7) is 2.22. The van der Waals surface area contributed by atoms with Gasteiger partial charge in [0, 0.05) is 6.20 Å². The Morgan fingerprint density at radius 3 is 3.00 bits per heavy atom. The van der Waals surface area contributed by atoms with E-state index < -0.39 is 0 Å². The Morgan fingerprint density at radius 2 is 2.31 bits per heavy atom. The van der Waals surface area contributed by atoms with Crippen LogP contribution in [0.15, 0.2) is 18.3 Å². The molecular weight excluding hydrogens is 201 g/mol. The van der Waals surface area contributed by atoms with Crippen LogP contribution in [-0.4, -0.2) is 11.1 Å². The second-order valence-electron chi connectivity index (χ2n) is 2.97. The van der Waals surface area contributed by atoms with Crippen molar-refractivity contribution in [2.45, 2.75) is 26.2 Å². The molecule has 0 fully saturated rings. The second-order valence-corrected chi connectivity index (χ2v) is 4.70. The summed E-state index contributed by atoms with van der Waals surface area (Å²) in [5, 5.41) is 0.817. The SMILES string of the molecule is CCCCCPc1ncccc1Cl. The van der Waals surface area contributed by atoms with Crippen LogP contribution in [0.3, 0.4) is 0 Å². The normalized spacial score (nSPS) is 11.2. The van der Waals surface area contributed by atoms with Crippen LogP contribution in [0.5, 0.6) is 0 Å². The average Bonchev–Trinajstić information content (AvgIpc) is 2.15. The number of nitrogens with zero attached hydrogens (tertiary/aromatic N) is 1. The number of hydrogen-bond donors (Lipinski definition) is 0. The zero-order chi connectivity index (χ0) is 9.52. The highest BCUT2D eigenvalue weighted by Gasteiger charge is 1.98. The predicted molar refractivity (Wildman–Crippen MR) is 61.6 cm³/mol. The van der Waals surface area contributed by atoms with Gasteiger partial charge in [0.1, 0.15) is 0 Å². The van der Waals surface area contributed by atoms with Crippen LogP contribution >= 0.6 is 20.2 Å². The Kier molecular flexibility index (Phi) is 5.34. The second kappa shape index (κ2) is 6.34. The van der Waals surface area contributed by atoms with Crippen molar-refractivity contribution in [3.05, 3.63) is 23.4 Å². The predicted octanol–water partition coefficient (Wildman–Crippen LogP) is 3.23.